The summed E-state index contributed by atoms with van der Waals surface area (Å²) < 4.78 is 2.53. The molecule has 3 aromatic rings. The molecule has 7 nitrogen and oxygen atoms in total. The van der Waals surface area contributed by atoms with Crippen molar-refractivity contribution in [2.75, 3.05) is 20.1 Å². The van der Waals surface area contributed by atoms with Crippen LogP contribution in [0.4, 0.5) is 0 Å². The van der Waals surface area contributed by atoms with Crippen molar-refractivity contribution in [3.8, 4) is 11.1 Å². The minimum atomic E-state index is -0.922. The summed E-state index contributed by atoms with van der Waals surface area (Å²) in [6.07, 6.45) is 7.27. The number of aryl methyl sites for hydroxylation is 2. The fourth-order valence-electron chi connectivity index (χ4n) is 4.91. The van der Waals surface area contributed by atoms with Gasteiger partial charge in [0.05, 0.1) is 6.42 Å². The molecule has 0 saturated heterocycles. The first-order valence-corrected chi connectivity index (χ1v) is 13.9. The summed E-state index contributed by atoms with van der Waals surface area (Å²) in [6, 6.07) is 12.0. The van der Waals surface area contributed by atoms with Crippen LogP contribution in [0.15, 0.2) is 55.0 Å². The van der Waals surface area contributed by atoms with E-state index in [9.17, 15) is 9.59 Å². The highest BCUT2D eigenvalue weighted by atomic mass is 32.1. The van der Waals surface area contributed by atoms with E-state index in [1.165, 1.54) is 33.4 Å². The van der Waals surface area contributed by atoms with Gasteiger partial charge in [-0.1, -0.05) is 50.3 Å². The van der Waals surface area contributed by atoms with Gasteiger partial charge in [0.1, 0.15) is 10.7 Å². The predicted octanol–water partition coefficient (Wildman–Crippen LogP) is 5.75. The van der Waals surface area contributed by atoms with Gasteiger partial charge in [-0.05, 0) is 79.6 Å². The zero-order valence-electron chi connectivity index (χ0n) is 23.6. The summed E-state index contributed by atoms with van der Waals surface area (Å²) >= 11 is 5.54. The molecule has 0 aliphatic carbocycles. The van der Waals surface area contributed by atoms with Crippen LogP contribution in [-0.2, 0) is 22.6 Å². The molecule has 0 fully saturated rings. The number of aliphatic carboxylic acids is 1. The van der Waals surface area contributed by atoms with Crippen LogP contribution in [0.1, 0.15) is 55.0 Å². The van der Waals surface area contributed by atoms with E-state index in [2.05, 4.69) is 74.2 Å². The lowest BCUT2D eigenvalue weighted by atomic mass is 9.97. The number of amides is 1. The van der Waals surface area contributed by atoms with E-state index in [1.54, 1.807) is 6.20 Å². The number of hydrogen-bond acceptors (Lipinski definition) is 5. The van der Waals surface area contributed by atoms with Gasteiger partial charge in [0.2, 0.25) is 5.91 Å². The summed E-state index contributed by atoms with van der Waals surface area (Å²) in [6.45, 7) is 10.4. The van der Waals surface area contributed by atoms with Crippen LogP contribution >= 0.6 is 12.2 Å². The topological polar surface area (TPSA) is 87.5 Å². The fraction of sp³-hybridized carbons (Fsp3) is 0.419. The van der Waals surface area contributed by atoms with Crippen molar-refractivity contribution in [2.24, 2.45) is 5.92 Å². The number of nitrogens with one attached hydrogen (secondary N) is 1. The monoisotopic (exact) mass is 548 g/mol. The number of aromatic nitrogens is 2. The molecule has 0 spiro atoms. The lowest BCUT2D eigenvalue weighted by Crippen LogP contribution is -2.35. The molecule has 1 atom stereocenters. The van der Waals surface area contributed by atoms with Gasteiger partial charge in [0, 0.05) is 43.8 Å². The lowest BCUT2D eigenvalue weighted by Gasteiger charge is -2.28. The maximum atomic E-state index is 12.7. The Morgan fingerprint density at radius 2 is 1.85 bits per heavy atom. The molecule has 1 aliphatic rings. The average Bonchev–Trinajstić information content (AvgIpc) is 2.88. The number of nitrogens with zero attached hydrogens (tertiary/aromatic N) is 3. The number of fused-ring (bicyclic) bond motifs is 1. The molecule has 0 bridgehead atoms. The molecule has 1 unspecified atom stereocenters. The van der Waals surface area contributed by atoms with Crippen LogP contribution in [0.5, 0.6) is 0 Å². The molecule has 0 radical (unpaired) electrons. The van der Waals surface area contributed by atoms with E-state index in [4.69, 9.17) is 17.3 Å². The molecular formula is C31H40N4O3S. The van der Waals surface area contributed by atoms with Crippen molar-refractivity contribution in [3.63, 3.8) is 0 Å². The van der Waals surface area contributed by atoms with E-state index in [-0.39, 0.29) is 18.9 Å². The Morgan fingerprint density at radius 3 is 2.46 bits per heavy atom. The van der Waals surface area contributed by atoms with E-state index in [0.717, 1.165) is 19.5 Å². The molecule has 3 heterocycles. The van der Waals surface area contributed by atoms with E-state index >= 15 is 0 Å². The standard InChI is InChI=1S/C18H27N3O3S.C13H13N/c1-12(2)8-15(18(24)19-6-4-17(22)23)21-11-14-10-20(3)7-5-13(14)9-16(21)25;1-10-5-3-6-11(2)13(10)12-7-4-8-14-9-12/h9,11-12,15H,4-8,10H2,1-3H3,(H,19,24)(H,22,23);3-9H,1-2H3. The van der Waals surface area contributed by atoms with E-state index < -0.39 is 12.0 Å². The van der Waals surface area contributed by atoms with Crippen molar-refractivity contribution in [1.82, 2.24) is 19.8 Å². The summed E-state index contributed by atoms with van der Waals surface area (Å²) in [7, 11) is 2.08. The van der Waals surface area contributed by atoms with Crippen LogP contribution in [0, 0.1) is 24.4 Å². The van der Waals surface area contributed by atoms with Crippen molar-refractivity contribution in [2.45, 2.75) is 59.5 Å². The second-order valence-corrected chi connectivity index (χ2v) is 11.1. The highest BCUT2D eigenvalue weighted by Crippen LogP contribution is 2.26. The Bertz CT molecular complexity index is 1320. The maximum Gasteiger partial charge on any atom is 0.305 e. The first-order valence-electron chi connectivity index (χ1n) is 13.5. The van der Waals surface area contributed by atoms with Crippen molar-refractivity contribution in [1.29, 1.82) is 0 Å². The fourth-order valence-corrected chi connectivity index (χ4v) is 5.24. The zero-order valence-corrected chi connectivity index (χ0v) is 24.4. The Labute approximate surface area is 236 Å². The summed E-state index contributed by atoms with van der Waals surface area (Å²) in [5.74, 6) is -0.778. The lowest BCUT2D eigenvalue weighted by molar-refractivity contribution is -0.137. The number of carboxylic acids is 1. The zero-order chi connectivity index (χ0) is 28.5. The SMILES string of the molecule is CC(C)CC(C(=O)NCCC(=O)O)n1cc2c(cc1=S)CCN(C)C2.Cc1cccc(C)c1-c1cccnc1. The number of carboxylic acid groups (broad SMARTS) is 1. The predicted molar refractivity (Wildman–Crippen MR) is 158 cm³/mol. The van der Waals surface area contributed by atoms with Crippen LogP contribution in [0.3, 0.4) is 0 Å². The Hall–Kier alpha value is -3.36. The summed E-state index contributed by atoms with van der Waals surface area (Å²) in [5, 5.41) is 11.5. The number of hydrogen-bond donors (Lipinski definition) is 2. The van der Waals surface area contributed by atoms with Gasteiger partial charge >= 0.3 is 5.97 Å². The highest BCUT2D eigenvalue weighted by molar-refractivity contribution is 7.71. The van der Waals surface area contributed by atoms with Crippen LogP contribution < -0.4 is 5.32 Å². The van der Waals surface area contributed by atoms with E-state index in [1.807, 2.05) is 29.1 Å². The van der Waals surface area contributed by atoms with Crippen molar-refractivity contribution < 1.29 is 14.7 Å². The molecule has 2 N–H and O–H groups in total. The minimum Gasteiger partial charge on any atom is -0.481 e. The van der Waals surface area contributed by atoms with Crippen molar-refractivity contribution in [3.05, 3.63) is 81.9 Å². The molecule has 208 valence electrons. The summed E-state index contributed by atoms with van der Waals surface area (Å²) in [5.41, 5.74) is 7.57. The van der Waals surface area contributed by atoms with Gasteiger partial charge in [0.25, 0.3) is 0 Å². The largest absolute Gasteiger partial charge is 0.481 e. The number of rotatable bonds is 8. The number of carbonyl (C=O) groups is 2. The average molecular weight is 549 g/mol. The minimum absolute atomic E-state index is 0.0828. The molecule has 1 amide bonds. The first kappa shape index (κ1) is 30.2. The maximum absolute atomic E-state index is 12.7. The van der Waals surface area contributed by atoms with Crippen LogP contribution in [0.25, 0.3) is 11.1 Å². The van der Waals surface area contributed by atoms with Crippen molar-refractivity contribution >= 4 is 24.1 Å². The molecule has 39 heavy (non-hydrogen) atoms. The third kappa shape index (κ3) is 8.57. The number of carbonyl (C=O) groups excluding carboxylic acids is 1. The smallest absolute Gasteiger partial charge is 0.305 e. The Morgan fingerprint density at radius 1 is 1.13 bits per heavy atom. The molecule has 4 rings (SSSR count). The van der Waals surface area contributed by atoms with Gasteiger partial charge in [-0.15, -0.1) is 0 Å². The van der Waals surface area contributed by atoms with Gasteiger partial charge in [-0.25, -0.2) is 0 Å². The summed E-state index contributed by atoms with van der Waals surface area (Å²) in [4.78, 5) is 29.7. The molecule has 2 aromatic heterocycles. The second-order valence-electron chi connectivity index (χ2n) is 10.6. The second kappa shape index (κ2) is 14.1. The van der Waals surface area contributed by atoms with Crippen LogP contribution in [-0.4, -0.2) is 51.6 Å². The third-order valence-electron chi connectivity index (χ3n) is 6.87. The molecule has 0 saturated carbocycles. The first-order chi connectivity index (χ1) is 18.6. The van der Waals surface area contributed by atoms with Gasteiger partial charge in [-0.3, -0.25) is 14.6 Å². The molecular weight excluding hydrogens is 508 g/mol. The van der Waals surface area contributed by atoms with Gasteiger partial charge in [0.15, 0.2) is 0 Å². The normalized spacial score (nSPS) is 13.7. The number of pyridine rings is 2. The Balaban J connectivity index is 0.000000252. The number of likely N-dealkylation sites (N-methyl/N-ethyl adjacent to an activating group) is 1. The third-order valence-corrected chi connectivity index (χ3v) is 7.19. The Kier molecular flexibility index (Phi) is 10.9. The molecule has 8 heteroatoms. The quantitative estimate of drug-likeness (QED) is 0.349. The molecule has 1 aromatic carbocycles. The van der Waals surface area contributed by atoms with E-state index in [0.29, 0.717) is 17.0 Å². The number of benzene rings is 1. The highest BCUT2D eigenvalue weighted by Gasteiger charge is 2.24. The van der Waals surface area contributed by atoms with Gasteiger partial charge in [-0.2, -0.15) is 0 Å². The molecule has 1 aliphatic heterocycles. The van der Waals surface area contributed by atoms with Gasteiger partial charge < -0.3 is 19.9 Å². The van der Waals surface area contributed by atoms with Crippen LogP contribution in [0.2, 0.25) is 0 Å².